The fraction of sp³-hybridized carbons (Fsp3) is 0.235. The Morgan fingerprint density at radius 2 is 2.17 bits per heavy atom. The highest BCUT2D eigenvalue weighted by atomic mass is 32.1. The summed E-state index contributed by atoms with van der Waals surface area (Å²) < 4.78 is 0. The average molecular weight is 342 g/mol. The summed E-state index contributed by atoms with van der Waals surface area (Å²) in [6.45, 7) is 1.96. The molecule has 24 heavy (non-hydrogen) atoms. The molecule has 0 fully saturated rings. The van der Waals surface area contributed by atoms with Crippen molar-refractivity contribution >= 4 is 34.8 Å². The van der Waals surface area contributed by atoms with Crippen LogP contribution in [0.4, 0.5) is 5.69 Å². The quantitative estimate of drug-likeness (QED) is 0.898. The number of amides is 2. The van der Waals surface area contributed by atoms with Gasteiger partial charge in [0.25, 0.3) is 5.91 Å². The molecule has 3 rings (SSSR count). The lowest BCUT2D eigenvalue weighted by Gasteiger charge is -2.25. The molecule has 1 aromatic carbocycles. The number of carbonyl (C=O) groups excluding carboxylic acids is 2. The number of thiophene rings is 1. The van der Waals surface area contributed by atoms with E-state index < -0.39 is 0 Å². The van der Waals surface area contributed by atoms with Crippen LogP contribution in [-0.2, 0) is 4.79 Å². The number of nitrogens with one attached hydrogen (secondary N) is 1. The zero-order valence-electron chi connectivity index (χ0n) is 13.4. The van der Waals surface area contributed by atoms with E-state index in [2.05, 4.69) is 10.3 Å². The molecule has 0 radical (unpaired) electrons. The van der Waals surface area contributed by atoms with Crippen molar-refractivity contribution in [3.8, 4) is 0 Å². The molecule has 7 heteroatoms. The summed E-state index contributed by atoms with van der Waals surface area (Å²) in [5.41, 5.74) is 7.30. The van der Waals surface area contributed by atoms with Crippen molar-refractivity contribution in [2.24, 2.45) is 10.7 Å². The molecule has 0 bridgehead atoms. The number of benzene rings is 1. The Bertz CT molecular complexity index is 828. The maximum absolute atomic E-state index is 12.3. The molecule has 2 amide bonds. The van der Waals surface area contributed by atoms with Crippen LogP contribution < -0.4 is 11.1 Å². The molecule has 1 atom stereocenters. The Balaban J connectivity index is 1.80. The van der Waals surface area contributed by atoms with Gasteiger partial charge < -0.3 is 11.1 Å². The summed E-state index contributed by atoms with van der Waals surface area (Å²) in [5, 5.41) is 2.88. The Morgan fingerprint density at radius 3 is 2.83 bits per heavy atom. The summed E-state index contributed by atoms with van der Waals surface area (Å²) in [7, 11) is 1.61. The molecule has 124 valence electrons. The smallest absolute Gasteiger partial charge is 0.265 e. The van der Waals surface area contributed by atoms with Crippen LogP contribution in [0.3, 0.4) is 0 Å². The third kappa shape index (κ3) is 3.30. The van der Waals surface area contributed by atoms with Crippen LogP contribution in [0.5, 0.6) is 0 Å². The van der Waals surface area contributed by atoms with E-state index in [0.717, 1.165) is 10.4 Å². The van der Waals surface area contributed by atoms with Gasteiger partial charge in [-0.25, -0.2) is 4.99 Å². The lowest BCUT2D eigenvalue weighted by molar-refractivity contribution is -0.127. The molecular weight excluding hydrogens is 324 g/mol. The van der Waals surface area contributed by atoms with Crippen LogP contribution in [0, 0.1) is 6.92 Å². The highest BCUT2D eigenvalue weighted by Gasteiger charge is 2.25. The minimum absolute atomic E-state index is 0.0731. The number of aliphatic imine (C=N–C) groups is 1. The SMILES string of the molecule is Cc1ccc(C(=O)Nc2cccc(C3CC(=O)N(C)C(N)=N3)c2)s1. The molecule has 1 unspecified atom stereocenters. The molecule has 2 aromatic rings. The van der Waals surface area contributed by atoms with Gasteiger partial charge in [-0.2, -0.15) is 0 Å². The lowest BCUT2D eigenvalue weighted by Crippen LogP contribution is -2.42. The van der Waals surface area contributed by atoms with Crippen LogP contribution in [0.2, 0.25) is 0 Å². The van der Waals surface area contributed by atoms with Crippen LogP contribution in [-0.4, -0.2) is 29.7 Å². The zero-order valence-corrected chi connectivity index (χ0v) is 14.3. The molecule has 6 nitrogen and oxygen atoms in total. The van der Waals surface area contributed by atoms with Crippen molar-refractivity contribution < 1.29 is 9.59 Å². The molecule has 2 heterocycles. The summed E-state index contributed by atoms with van der Waals surface area (Å²) in [6, 6.07) is 10.8. The Labute approximate surface area is 144 Å². The predicted molar refractivity (Wildman–Crippen MR) is 95.2 cm³/mol. The van der Waals surface area contributed by atoms with E-state index in [9.17, 15) is 9.59 Å². The monoisotopic (exact) mass is 342 g/mol. The Morgan fingerprint density at radius 1 is 1.38 bits per heavy atom. The first-order valence-corrected chi connectivity index (χ1v) is 8.33. The third-order valence-corrected chi connectivity index (χ3v) is 4.87. The van der Waals surface area contributed by atoms with Gasteiger partial charge in [-0.15, -0.1) is 11.3 Å². The standard InChI is InChI=1S/C17H18N4O2S/c1-10-6-7-14(24-10)16(23)19-12-5-3-4-11(8-12)13-9-15(22)21(2)17(18)20-13/h3-8,13H,9H2,1-2H3,(H2,18,20)(H,19,23). The van der Waals surface area contributed by atoms with Crippen molar-refractivity contribution in [1.82, 2.24) is 4.90 Å². The van der Waals surface area contributed by atoms with E-state index >= 15 is 0 Å². The molecule has 0 spiro atoms. The Kier molecular flexibility index (Phi) is 4.35. The maximum Gasteiger partial charge on any atom is 0.265 e. The van der Waals surface area contributed by atoms with E-state index in [-0.39, 0.29) is 30.2 Å². The topological polar surface area (TPSA) is 87.8 Å². The van der Waals surface area contributed by atoms with Gasteiger partial charge in [-0.3, -0.25) is 14.5 Å². The first kappa shape index (κ1) is 16.2. The van der Waals surface area contributed by atoms with Gasteiger partial charge in [0.05, 0.1) is 17.3 Å². The van der Waals surface area contributed by atoms with Gasteiger partial charge in [0, 0.05) is 17.6 Å². The molecule has 0 saturated carbocycles. The van der Waals surface area contributed by atoms with Crippen molar-refractivity contribution in [2.75, 3.05) is 12.4 Å². The number of hydrogen-bond acceptors (Lipinski definition) is 5. The summed E-state index contributed by atoms with van der Waals surface area (Å²) in [6.07, 6.45) is 0.263. The number of hydrogen-bond donors (Lipinski definition) is 2. The van der Waals surface area contributed by atoms with Crippen LogP contribution in [0.1, 0.15) is 32.6 Å². The second kappa shape index (κ2) is 6.45. The summed E-state index contributed by atoms with van der Waals surface area (Å²) >= 11 is 1.45. The molecule has 0 aliphatic carbocycles. The number of anilines is 1. The lowest BCUT2D eigenvalue weighted by atomic mass is 10.0. The maximum atomic E-state index is 12.3. The van der Waals surface area contributed by atoms with Gasteiger partial charge in [0.15, 0.2) is 5.96 Å². The van der Waals surface area contributed by atoms with Gasteiger partial charge in [-0.1, -0.05) is 12.1 Å². The fourth-order valence-corrected chi connectivity index (χ4v) is 3.25. The van der Waals surface area contributed by atoms with Crippen molar-refractivity contribution in [3.63, 3.8) is 0 Å². The second-order valence-electron chi connectivity index (χ2n) is 5.65. The molecule has 3 N–H and O–H groups in total. The molecule has 1 aliphatic rings. The Hall–Kier alpha value is -2.67. The number of rotatable bonds is 3. The van der Waals surface area contributed by atoms with Crippen molar-refractivity contribution in [2.45, 2.75) is 19.4 Å². The number of carbonyl (C=O) groups is 2. The molecular formula is C17H18N4O2S. The van der Waals surface area contributed by atoms with Crippen LogP contribution >= 0.6 is 11.3 Å². The van der Waals surface area contributed by atoms with E-state index in [1.165, 1.54) is 16.2 Å². The molecule has 0 saturated heterocycles. The van der Waals surface area contributed by atoms with E-state index in [4.69, 9.17) is 5.73 Å². The van der Waals surface area contributed by atoms with Gasteiger partial charge >= 0.3 is 0 Å². The van der Waals surface area contributed by atoms with Crippen LogP contribution in [0.15, 0.2) is 41.4 Å². The predicted octanol–water partition coefficient (Wildman–Crippen LogP) is 2.53. The van der Waals surface area contributed by atoms with Crippen molar-refractivity contribution in [1.29, 1.82) is 0 Å². The van der Waals surface area contributed by atoms with Crippen molar-refractivity contribution in [3.05, 3.63) is 51.7 Å². The largest absolute Gasteiger partial charge is 0.369 e. The zero-order chi connectivity index (χ0) is 17.3. The second-order valence-corrected chi connectivity index (χ2v) is 6.94. The van der Waals surface area contributed by atoms with Gasteiger partial charge in [0.2, 0.25) is 5.91 Å². The third-order valence-electron chi connectivity index (χ3n) is 3.87. The first-order valence-electron chi connectivity index (χ1n) is 7.51. The van der Waals surface area contributed by atoms with Gasteiger partial charge in [0.1, 0.15) is 0 Å². The highest BCUT2D eigenvalue weighted by molar-refractivity contribution is 7.14. The fourth-order valence-electron chi connectivity index (χ4n) is 2.49. The van der Waals surface area contributed by atoms with Gasteiger partial charge in [-0.05, 0) is 36.8 Å². The molecule has 1 aromatic heterocycles. The van der Waals surface area contributed by atoms with Crippen LogP contribution in [0.25, 0.3) is 0 Å². The van der Waals surface area contributed by atoms with E-state index in [0.29, 0.717) is 10.6 Å². The number of nitrogens with two attached hydrogens (primary N) is 1. The minimum Gasteiger partial charge on any atom is -0.369 e. The first-order chi connectivity index (χ1) is 11.4. The number of guanidine groups is 1. The normalized spacial score (nSPS) is 17.6. The number of aryl methyl sites for hydroxylation is 1. The van der Waals surface area contributed by atoms with E-state index in [1.807, 2.05) is 37.3 Å². The number of nitrogens with zero attached hydrogens (tertiary/aromatic N) is 2. The minimum atomic E-state index is -0.325. The summed E-state index contributed by atoms with van der Waals surface area (Å²) in [4.78, 5) is 31.6. The summed E-state index contributed by atoms with van der Waals surface area (Å²) in [5.74, 6) is -0.0107. The highest BCUT2D eigenvalue weighted by Crippen LogP contribution is 2.27. The average Bonchev–Trinajstić information content (AvgIpc) is 2.99. The molecule has 1 aliphatic heterocycles. The van der Waals surface area contributed by atoms with E-state index in [1.54, 1.807) is 13.1 Å².